The minimum absolute atomic E-state index is 0.522. The van der Waals surface area contributed by atoms with Crippen LogP contribution in [-0.2, 0) is 16.6 Å². The Morgan fingerprint density at radius 2 is 2.00 bits per heavy atom. The quantitative estimate of drug-likeness (QED) is 0.707. The average Bonchev–Trinajstić information content (AvgIpc) is 3.04. The molecule has 0 radical (unpaired) electrons. The van der Waals surface area contributed by atoms with Crippen LogP contribution in [0.5, 0.6) is 0 Å². The number of sulfonamides is 1. The van der Waals surface area contributed by atoms with Gasteiger partial charge in [-0.1, -0.05) is 19.1 Å². The molecule has 2 aromatic rings. The molecule has 1 N–H and O–H groups in total. The zero-order valence-corrected chi connectivity index (χ0v) is 14.5. The third-order valence-electron chi connectivity index (χ3n) is 3.62. The molecule has 0 fully saturated rings. The van der Waals surface area contributed by atoms with Gasteiger partial charge in [0, 0.05) is 32.0 Å². The van der Waals surface area contributed by atoms with E-state index in [1.54, 1.807) is 6.20 Å². The smallest absolute Gasteiger partial charge is 0.211 e. The van der Waals surface area contributed by atoms with Crippen molar-refractivity contribution in [3.05, 3.63) is 48.3 Å². The predicted molar refractivity (Wildman–Crippen MR) is 92.0 cm³/mol. The molecular weight excluding hydrogens is 312 g/mol. The molecule has 0 bridgehead atoms. The normalized spacial score (nSPS) is 12.0. The van der Waals surface area contributed by atoms with E-state index in [0.717, 1.165) is 25.2 Å². The monoisotopic (exact) mass is 336 g/mol. The van der Waals surface area contributed by atoms with Crippen LogP contribution in [0.15, 0.2) is 42.7 Å². The summed E-state index contributed by atoms with van der Waals surface area (Å²) in [4.78, 5) is 0. The van der Waals surface area contributed by atoms with Crippen LogP contribution in [0.1, 0.15) is 18.9 Å². The van der Waals surface area contributed by atoms with Gasteiger partial charge in [-0.05, 0) is 36.7 Å². The first-order chi connectivity index (χ1) is 11.0. The molecule has 0 saturated heterocycles. The van der Waals surface area contributed by atoms with Crippen molar-refractivity contribution in [1.29, 1.82) is 0 Å². The maximum Gasteiger partial charge on any atom is 0.211 e. The first kappa shape index (κ1) is 17.7. The van der Waals surface area contributed by atoms with Crippen LogP contribution in [0, 0.1) is 0 Å². The Hall–Kier alpha value is -1.70. The summed E-state index contributed by atoms with van der Waals surface area (Å²) in [5, 5.41) is 7.54. The van der Waals surface area contributed by atoms with Gasteiger partial charge in [0.15, 0.2) is 0 Å². The first-order valence-corrected chi connectivity index (χ1v) is 9.60. The zero-order valence-electron chi connectivity index (χ0n) is 13.6. The van der Waals surface area contributed by atoms with Crippen molar-refractivity contribution in [3.8, 4) is 5.69 Å². The van der Waals surface area contributed by atoms with Gasteiger partial charge >= 0.3 is 0 Å². The van der Waals surface area contributed by atoms with Crippen LogP contribution in [0.3, 0.4) is 0 Å². The molecule has 0 spiro atoms. The molecule has 6 nitrogen and oxygen atoms in total. The maximum atomic E-state index is 11.5. The molecule has 0 aliphatic rings. The van der Waals surface area contributed by atoms with E-state index < -0.39 is 10.0 Å². The number of nitrogens with one attached hydrogen (secondary N) is 1. The van der Waals surface area contributed by atoms with Crippen molar-refractivity contribution in [1.82, 2.24) is 19.4 Å². The van der Waals surface area contributed by atoms with Gasteiger partial charge in [-0.15, -0.1) is 0 Å². The molecule has 7 heteroatoms. The molecule has 0 aliphatic heterocycles. The van der Waals surface area contributed by atoms with Crippen molar-refractivity contribution < 1.29 is 8.42 Å². The summed E-state index contributed by atoms with van der Waals surface area (Å²) in [7, 11) is -3.08. The summed E-state index contributed by atoms with van der Waals surface area (Å²) in [5.41, 5.74) is 2.22. The van der Waals surface area contributed by atoms with Crippen molar-refractivity contribution >= 4 is 10.0 Å². The summed E-state index contributed by atoms with van der Waals surface area (Å²) in [5.74, 6) is 0. The average molecular weight is 336 g/mol. The highest BCUT2D eigenvalue weighted by Gasteiger charge is 2.12. The standard InChI is InChI=1S/C16H24N4O2S/c1-3-19(23(2,21)22)12-4-10-17-14-15-6-8-16(9-7-15)20-13-5-11-18-20/h5-9,11,13,17H,3-4,10,12,14H2,1-2H3. The number of hydrogen-bond donors (Lipinski definition) is 1. The first-order valence-electron chi connectivity index (χ1n) is 7.75. The molecule has 0 aliphatic carbocycles. The van der Waals surface area contributed by atoms with E-state index in [0.29, 0.717) is 13.1 Å². The SMILES string of the molecule is CCN(CCCNCc1ccc(-n2cccn2)cc1)S(C)(=O)=O. The molecule has 0 amide bonds. The summed E-state index contributed by atoms with van der Waals surface area (Å²) < 4.78 is 26.3. The highest BCUT2D eigenvalue weighted by Crippen LogP contribution is 2.08. The van der Waals surface area contributed by atoms with Crippen LogP contribution >= 0.6 is 0 Å². The Morgan fingerprint density at radius 3 is 2.57 bits per heavy atom. The van der Waals surface area contributed by atoms with Gasteiger partial charge in [0.1, 0.15) is 0 Å². The van der Waals surface area contributed by atoms with E-state index in [-0.39, 0.29) is 0 Å². The summed E-state index contributed by atoms with van der Waals surface area (Å²) in [6, 6.07) is 10.1. The molecule has 0 atom stereocenters. The Morgan fingerprint density at radius 1 is 1.26 bits per heavy atom. The minimum Gasteiger partial charge on any atom is -0.313 e. The Bertz CT molecular complexity index is 681. The topological polar surface area (TPSA) is 67.2 Å². The molecule has 0 unspecified atom stereocenters. The Labute approximate surface area is 138 Å². The van der Waals surface area contributed by atoms with Gasteiger partial charge < -0.3 is 5.32 Å². The highest BCUT2D eigenvalue weighted by molar-refractivity contribution is 7.88. The fourth-order valence-electron chi connectivity index (χ4n) is 2.36. The summed E-state index contributed by atoms with van der Waals surface area (Å²) in [6.45, 7) is 4.49. The number of nitrogens with zero attached hydrogens (tertiary/aromatic N) is 3. The van der Waals surface area contributed by atoms with Crippen LogP contribution < -0.4 is 5.32 Å². The van der Waals surface area contributed by atoms with Gasteiger partial charge in [0.25, 0.3) is 0 Å². The number of benzene rings is 1. The van der Waals surface area contributed by atoms with Crippen molar-refractivity contribution in [2.24, 2.45) is 0 Å². The van der Waals surface area contributed by atoms with E-state index in [9.17, 15) is 8.42 Å². The van der Waals surface area contributed by atoms with Gasteiger partial charge in [-0.2, -0.15) is 5.10 Å². The lowest BCUT2D eigenvalue weighted by Crippen LogP contribution is -2.32. The zero-order chi connectivity index (χ0) is 16.7. The summed E-state index contributed by atoms with van der Waals surface area (Å²) in [6.07, 6.45) is 5.72. The van der Waals surface area contributed by atoms with Crippen LogP contribution in [-0.4, -0.2) is 48.4 Å². The van der Waals surface area contributed by atoms with Crippen LogP contribution in [0.4, 0.5) is 0 Å². The van der Waals surface area contributed by atoms with E-state index in [4.69, 9.17) is 0 Å². The number of aromatic nitrogens is 2. The third kappa shape index (κ3) is 5.46. The lowest BCUT2D eigenvalue weighted by molar-refractivity contribution is 0.419. The molecule has 1 heterocycles. The fourth-order valence-corrected chi connectivity index (χ4v) is 3.29. The van der Waals surface area contributed by atoms with Crippen molar-refractivity contribution in [3.63, 3.8) is 0 Å². The van der Waals surface area contributed by atoms with E-state index in [1.165, 1.54) is 16.1 Å². The molecule has 2 rings (SSSR count). The van der Waals surface area contributed by atoms with E-state index in [1.807, 2.05) is 36.0 Å². The predicted octanol–water partition coefficient (Wildman–Crippen LogP) is 1.63. The van der Waals surface area contributed by atoms with Crippen LogP contribution in [0.25, 0.3) is 5.69 Å². The maximum absolute atomic E-state index is 11.5. The lowest BCUT2D eigenvalue weighted by atomic mass is 10.2. The Kier molecular flexibility index (Phi) is 6.32. The Balaban J connectivity index is 1.72. The van der Waals surface area contributed by atoms with Crippen molar-refractivity contribution in [2.75, 3.05) is 25.9 Å². The number of hydrogen-bond acceptors (Lipinski definition) is 4. The second-order valence-corrected chi connectivity index (χ2v) is 7.38. The van der Waals surface area contributed by atoms with Crippen molar-refractivity contribution in [2.45, 2.75) is 19.9 Å². The second kappa shape index (κ2) is 8.24. The second-order valence-electron chi connectivity index (χ2n) is 5.40. The van der Waals surface area contributed by atoms with Gasteiger partial charge in [0.2, 0.25) is 10.0 Å². The largest absolute Gasteiger partial charge is 0.313 e. The van der Waals surface area contributed by atoms with Gasteiger partial charge in [-0.3, -0.25) is 0 Å². The molecule has 1 aromatic heterocycles. The molecule has 23 heavy (non-hydrogen) atoms. The molecule has 0 saturated carbocycles. The molecular formula is C16H24N4O2S. The van der Waals surface area contributed by atoms with E-state index in [2.05, 4.69) is 22.5 Å². The third-order valence-corrected chi connectivity index (χ3v) is 5.00. The van der Waals surface area contributed by atoms with E-state index >= 15 is 0 Å². The molecule has 1 aromatic carbocycles. The highest BCUT2D eigenvalue weighted by atomic mass is 32.2. The number of rotatable bonds is 9. The van der Waals surface area contributed by atoms with Gasteiger partial charge in [-0.25, -0.2) is 17.4 Å². The minimum atomic E-state index is -3.08. The van der Waals surface area contributed by atoms with Gasteiger partial charge in [0.05, 0.1) is 11.9 Å². The fraction of sp³-hybridized carbons (Fsp3) is 0.438. The molecule has 126 valence electrons. The van der Waals surface area contributed by atoms with Crippen LogP contribution in [0.2, 0.25) is 0 Å². The summed E-state index contributed by atoms with van der Waals surface area (Å²) >= 11 is 0. The lowest BCUT2D eigenvalue weighted by Gasteiger charge is -2.17.